The number of nitrogens with two attached hydrogens (primary N) is 1. The van der Waals surface area contributed by atoms with Gasteiger partial charge in [-0.15, -0.1) is 12.4 Å². The number of nitrogens with one attached hydrogen (secondary N) is 2. The zero-order valence-electron chi connectivity index (χ0n) is 14.9. The van der Waals surface area contributed by atoms with Crippen molar-refractivity contribution < 1.29 is 18.0 Å². The number of hydrogen-bond donors (Lipinski definition) is 3. The van der Waals surface area contributed by atoms with Crippen molar-refractivity contribution in [1.82, 2.24) is 9.62 Å². The Bertz CT molecular complexity index is 802. The van der Waals surface area contributed by atoms with Crippen LogP contribution in [-0.2, 0) is 19.6 Å². The minimum Gasteiger partial charge on any atom is -0.354 e. The van der Waals surface area contributed by atoms with Crippen LogP contribution in [0.5, 0.6) is 0 Å². The van der Waals surface area contributed by atoms with Gasteiger partial charge in [0.05, 0.1) is 11.4 Å². The van der Waals surface area contributed by atoms with E-state index in [2.05, 4.69) is 10.6 Å². The average Bonchev–Trinajstić information content (AvgIpc) is 2.62. The average molecular weight is 417 g/mol. The third kappa shape index (κ3) is 5.19. The molecule has 1 saturated carbocycles. The predicted octanol–water partition coefficient (Wildman–Crippen LogP) is 0.685. The van der Waals surface area contributed by atoms with E-state index in [1.54, 1.807) is 12.1 Å². The van der Waals surface area contributed by atoms with Gasteiger partial charge in [-0.25, -0.2) is 8.42 Å². The van der Waals surface area contributed by atoms with Gasteiger partial charge in [-0.1, -0.05) is 12.5 Å². The zero-order valence-corrected chi connectivity index (χ0v) is 16.5. The van der Waals surface area contributed by atoms with Crippen molar-refractivity contribution in [3.05, 3.63) is 24.3 Å². The fourth-order valence-corrected chi connectivity index (χ4v) is 4.86. The topological polar surface area (TPSA) is 122 Å². The van der Waals surface area contributed by atoms with Gasteiger partial charge in [0, 0.05) is 30.7 Å². The van der Waals surface area contributed by atoms with E-state index in [-0.39, 0.29) is 60.7 Å². The first-order valence-corrected chi connectivity index (χ1v) is 10.2. The maximum atomic E-state index is 12.7. The molecule has 1 saturated heterocycles. The van der Waals surface area contributed by atoms with Crippen LogP contribution in [0.25, 0.3) is 0 Å². The summed E-state index contributed by atoms with van der Waals surface area (Å²) >= 11 is 0. The molecule has 10 heteroatoms. The highest BCUT2D eigenvalue weighted by Crippen LogP contribution is 2.25. The van der Waals surface area contributed by atoms with Gasteiger partial charge in [0.2, 0.25) is 21.8 Å². The van der Waals surface area contributed by atoms with E-state index in [4.69, 9.17) is 5.73 Å². The van der Waals surface area contributed by atoms with E-state index in [0.717, 1.165) is 23.6 Å². The summed E-state index contributed by atoms with van der Waals surface area (Å²) in [6.45, 7) is 0.319. The van der Waals surface area contributed by atoms with Crippen LogP contribution in [0.4, 0.5) is 5.69 Å². The van der Waals surface area contributed by atoms with Crippen molar-refractivity contribution in [3.8, 4) is 0 Å². The smallest absolute Gasteiger partial charge is 0.243 e. The Morgan fingerprint density at radius 3 is 2.78 bits per heavy atom. The number of carbonyl (C=O) groups is 2. The number of sulfonamides is 1. The van der Waals surface area contributed by atoms with Crippen molar-refractivity contribution in [1.29, 1.82) is 0 Å². The zero-order chi connectivity index (χ0) is 18.7. The second-order valence-corrected chi connectivity index (χ2v) is 8.77. The Morgan fingerprint density at radius 2 is 2.07 bits per heavy atom. The molecule has 27 heavy (non-hydrogen) atoms. The molecule has 0 bridgehead atoms. The van der Waals surface area contributed by atoms with E-state index in [1.165, 1.54) is 12.1 Å². The molecule has 0 radical (unpaired) electrons. The summed E-state index contributed by atoms with van der Waals surface area (Å²) in [5.74, 6) is -0.602. The molecule has 2 aliphatic rings. The highest BCUT2D eigenvalue weighted by Gasteiger charge is 2.30. The highest BCUT2D eigenvalue weighted by atomic mass is 35.5. The standard InChI is InChI=1S/C17H24N4O4S.ClH/c18-13-4-1-3-12(9-13)17(23)20-14-5-2-6-15(10-14)26(24,25)21-8-7-19-16(22)11-21;/h2,5-6,10,12-13H,1,3-4,7-9,11,18H2,(H,19,22)(H,20,23);1H. The lowest BCUT2D eigenvalue weighted by molar-refractivity contribution is -0.122. The van der Waals surface area contributed by atoms with Crippen LogP contribution in [-0.4, -0.2) is 50.2 Å². The molecule has 150 valence electrons. The molecule has 2 amide bonds. The van der Waals surface area contributed by atoms with Gasteiger partial charge in [-0.05, 0) is 37.5 Å². The molecular weight excluding hydrogens is 392 g/mol. The summed E-state index contributed by atoms with van der Waals surface area (Å²) in [5, 5.41) is 5.40. The number of rotatable bonds is 4. The molecule has 8 nitrogen and oxygen atoms in total. The van der Waals surface area contributed by atoms with E-state index in [1.807, 2.05) is 0 Å². The second-order valence-electron chi connectivity index (χ2n) is 6.83. The molecule has 1 heterocycles. The monoisotopic (exact) mass is 416 g/mol. The maximum Gasteiger partial charge on any atom is 0.243 e. The van der Waals surface area contributed by atoms with Crippen LogP contribution >= 0.6 is 12.4 Å². The Balaban J connectivity index is 0.00000261. The number of amides is 2. The first kappa shape index (κ1) is 21.6. The summed E-state index contributed by atoms with van der Waals surface area (Å²) in [4.78, 5) is 24.0. The quantitative estimate of drug-likeness (QED) is 0.666. The van der Waals surface area contributed by atoms with Crippen LogP contribution in [0.3, 0.4) is 0 Å². The summed E-state index contributed by atoms with van der Waals surface area (Å²) < 4.78 is 26.6. The van der Waals surface area contributed by atoms with Crippen molar-refractivity contribution in [3.63, 3.8) is 0 Å². The van der Waals surface area contributed by atoms with Crippen LogP contribution in [0.2, 0.25) is 0 Å². The summed E-state index contributed by atoms with van der Waals surface area (Å²) in [7, 11) is -3.79. The molecule has 4 N–H and O–H groups in total. The van der Waals surface area contributed by atoms with Crippen LogP contribution in [0.1, 0.15) is 25.7 Å². The van der Waals surface area contributed by atoms with Crippen molar-refractivity contribution >= 4 is 39.9 Å². The van der Waals surface area contributed by atoms with Gasteiger partial charge in [0.15, 0.2) is 0 Å². The van der Waals surface area contributed by atoms with E-state index in [0.29, 0.717) is 12.1 Å². The van der Waals surface area contributed by atoms with Crippen molar-refractivity contribution in [2.45, 2.75) is 36.6 Å². The van der Waals surface area contributed by atoms with Gasteiger partial charge in [0.25, 0.3) is 0 Å². The van der Waals surface area contributed by atoms with Gasteiger partial charge in [0.1, 0.15) is 0 Å². The molecule has 2 unspecified atom stereocenters. The van der Waals surface area contributed by atoms with Crippen LogP contribution in [0.15, 0.2) is 29.2 Å². The molecule has 1 aliphatic heterocycles. The summed E-state index contributed by atoms with van der Waals surface area (Å²) in [6, 6.07) is 6.18. The van der Waals surface area contributed by atoms with Gasteiger partial charge < -0.3 is 16.4 Å². The molecular formula is C17H25ClN4O4S. The first-order chi connectivity index (χ1) is 12.4. The molecule has 1 aliphatic carbocycles. The second kappa shape index (κ2) is 9.01. The molecule has 0 aromatic heterocycles. The number of nitrogens with zero attached hydrogens (tertiary/aromatic N) is 1. The highest BCUT2D eigenvalue weighted by molar-refractivity contribution is 7.89. The largest absolute Gasteiger partial charge is 0.354 e. The Morgan fingerprint density at radius 1 is 1.30 bits per heavy atom. The SMILES string of the molecule is Cl.NC1CCCC(C(=O)Nc2cccc(S(=O)(=O)N3CCNC(=O)C3)c2)C1. The van der Waals surface area contributed by atoms with Gasteiger partial charge in [-0.2, -0.15) is 4.31 Å². The molecule has 3 rings (SSSR count). The lowest BCUT2D eigenvalue weighted by Gasteiger charge is -2.26. The number of halogens is 1. The number of benzene rings is 1. The number of anilines is 1. The van der Waals surface area contributed by atoms with Crippen molar-refractivity contribution in [2.75, 3.05) is 25.0 Å². The first-order valence-electron chi connectivity index (χ1n) is 8.79. The fourth-order valence-electron chi connectivity index (χ4n) is 3.41. The lowest BCUT2D eigenvalue weighted by Crippen LogP contribution is -2.49. The van der Waals surface area contributed by atoms with E-state index in [9.17, 15) is 18.0 Å². The number of carbonyl (C=O) groups excluding carboxylic acids is 2. The molecule has 2 fully saturated rings. The Kier molecular flexibility index (Phi) is 7.21. The summed E-state index contributed by atoms with van der Waals surface area (Å²) in [5.41, 5.74) is 6.36. The molecule has 2 atom stereocenters. The van der Waals surface area contributed by atoms with E-state index < -0.39 is 10.0 Å². The van der Waals surface area contributed by atoms with Gasteiger partial charge in [-0.3, -0.25) is 9.59 Å². The fraction of sp³-hybridized carbons (Fsp3) is 0.529. The lowest BCUT2D eigenvalue weighted by atomic mass is 9.85. The number of hydrogen-bond acceptors (Lipinski definition) is 5. The van der Waals surface area contributed by atoms with E-state index >= 15 is 0 Å². The minimum atomic E-state index is -3.79. The Labute approximate surface area is 165 Å². The van der Waals surface area contributed by atoms with Gasteiger partial charge >= 0.3 is 0 Å². The third-order valence-corrected chi connectivity index (χ3v) is 6.67. The maximum absolute atomic E-state index is 12.7. The molecule has 1 aromatic carbocycles. The van der Waals surface area contributed by atoms with Crippen LogP contribution in [0, 0.1) is 5.92 Å². The minimum absolute atomic E-state index is 0. The third-order valence-electron chi connectivity index (χ3n) is 4.83. The molecule has 0 spiro atoms. The van der Waals surface area contributed by atoms with Crippen LogP contribution < -0.4 is 16.4 Å². The molecule has 1 aromatic rings. The number of piperazine rings is 1. The van der Waals surface area contributed by atoms with Crippen molar-refractivity contribution in [2.24, 2.45) is 11.7 Å². The summed E-state index contributed by atoms with van der Waals surface area (Å²) in [6.07, 6.45) is 3.29. The normalized spacial score (nSPS) is 23.8. The predicted molar refractivity (Wildman–Crippen MR) is 104 cm³/mol. The Hall–Kier alpha value is -1.68.